The topological polar surface area (TPSA) is 44.8 Å². The van der Waals surface area contributed by atoms with Gasteiger partial charge in [-0.25, -0.2) is 0 Å². The maximum absolute atomic E-state index is 12.8. The second-order valence-electron chi connectivity index (χ2n) is 7.10. The zero-order chi connectivity index (χ0) is 20.4. The minimum absolute atomic E-state index is 0.0966. The van der Waals surface area contributed by atoms with Gasteiger partial charge in [0.05, 0.1) is 12.7 Å². The molecule has 4 nitrogen and oxygen atoms in total. The van der Waals surface area contributed by atoms with Gasteiger partial charge in [0.2, 0.25) is 5.78 Å². The number of carbonyl (C=O) groups excluding carboxylic acids is 1. The molecule has 0 amide bonds. The largest absolute Gasteiger partial charge is 0.497 e. The smallest absolute Gasteiger partial charge is 0.232 e. The van der Waals surface area contributed by atoms with Crippen LogP contribution < -0.4 is 14.2 Å². The summed E-state index contributed by atoms with van der Waals surface area (Å²) in [4.78, 5) is 12.8. The molecule has 0 aliphatic carbocycles. The molecule has 3 aromatic carbocycles. The molecular weight excluding hydrogens is 364 g/mol. The first-order valence-corrected chi connectivity index (χ1v) is 9.45. The molecule has 146 valence electrons. The lowest BCUT2D eigenvalue weighted by Gasteiger charge is -2.09. The second-order valence-corrected chi connectivity index (χ2v) is 7.10. The van der Waals surface area contributed by atoms with Crippen LogP contribution in [0, 0.1) is 13.8 Å². The lowest BCUT2D eigenvalue weighted by Crippen LogP contribution is -2.00. The highest BCUT2D eigenvalue weighted by molar-refractivity contribution is 6.15. The fraction of sp³-hybridized carbons (Fsp3) is 0.160. The van der Waals surface area contributed by atoms with Gasteiger partial charge in [0.15, 0.2) is 5.76 Å². The second kappa shape index (κ2) is 7.84. The Balaban J connectivity index is 1.54. The van der Waals surface area contributed by atoms with E-state index >= 15 is 0 Å². The molecule has 4 heteroatoms. The molecule has 1 aliphatic rings. The van der Waals surface area contributed by atoms with Crippen molar-refractivity contribution in [1.82, 2.24) is 0 Å². The predicted octanol–water partition coefficient (Wildman–Crippen LogP) is 5.51. The molecule has 3 aromatic rings. The van der Waals surface area contributed by atoms with Crippen molar-refractivity contribution < 1.29 is 19.0 Å². The lowest BCUT2D eigenvalue weighted by molar-refractivity contribution is 0.101. The van der Waals surface area contributed by atoms with Gasteiger partial charge < -0.3 is 14.2 Å². The van der Waals surface area contributed by atoms with Crippen LogP contribution in [0.15, 0.2) is 66.4 Å². The molecule has 1 aliphatic heterocycles. The Morgan fingerprint density at radius 2 is 1.76 bits per heavy atom. The first-order chi connectivity index (χ1) is 14.0. The highest BCUT2D eigenvalue weighted by atomic mass is 16.5. The van der Waals surface area contributed by atoms with Crippen molar-refractivity contribution in [2.24, 2.45) is 0 Å². The third-order valence-electron chi connectivity index (χ3n) is 4.85. The van der Waals surface area contributed by atoms with E-state index in [1.54, 1.807) is 19.3 Å². The molecule has 0 unspecified atom stereocenters. The number of rotatable bonds is 5. The van der Waals surface area contributed by atoms with Crippen LogP contribution in [-0.4, -0.2) is 12.9 Å². The van der Waals surface area contributed by atoms with E-state index in [1.165, 1.54) is 0 Å². The van der Waals surface area contributed by atoms with Crippen molar-refractivity contribution in [2.45, 2.75) is 20.5 Å². The van der Waals surface area contributed by atoms with Crippen LogP contribution in [0.5, 0.6) is 17.2 Å². The van der Waals surface area contributed by atoms with Crippen LogP contribution in [0.4, 0.5) is 0 Å². The maximum Gasteiger partial charge on any atom is 0.232 e. The SMILES string of the molecule is COc1ccc(COc2cc(C)c3c(c2)O/C(=C\c2cccc(C)c2)C3=O)cc1. The Kier molecular flexibility index (Phi) is 5.09. The van der Waals surface area contributed by atoms with Crippen molar-refractivity contribution in [1.29, 1.82) is 0 Å². The van der Waals surface area contributed by atoms with Gasteiger partial charge in [-0.2, -0.15) is 0 Å². The van der Waals surface area contributed by atoms with Gasteiger partial charge in [-0.05, 0) is 54.8 Å². The number of hydrogen-bond donors (Lipinski definition) is 0. The van der Waals surface area contributed by atoms with Crippen LogP contribution in [0.1, 0.15) is 32.6 Å². The Morgan fingerprint density at radius 3 is 2.48 bits per heavy atom. The van der Waals surface area contributed by atoms with Crippen LogP contribution >= 0.6 is 0 Å². The molecule has 0 spiro atoms. The summed E-state index contributed by atoms with van der Waals surface area (Å²) in [6.45, 7) is 4.34. The normalized spacial score (nSPS) is 13.9. The molecule has 0 saturated heterocycles. The van der Waals surface area contributed by atoms with E-state index in [0.717, 1.165) is 28.0 Å². The van der Waals surface area contributed by atoms with E-state index in [-0.39, 0.29) is 5.78 Å². The number of methoxy groups -OCH3 is 1. The highest BCUT2D eigenvalue weighted by Crippen LogP contribution is 2.37. The first kappa shape index (κ1) is 18.8. The van der Waals surface area contributed by atoms with Gasteiger partial charge in [0.1, 0.15) is 23.9 Å². The summed E-state index contributed by atoms with van der Waals surface area (Å²) in [5, 5.41) is 0. The predicted molar refractivity (Wildman–Crippen MR) is 113 cm³/mol. The third-order valence-corrected chi connectivity index (χ3v) is 4.85. The summed E-state index contributed by atoms with van der Waals surface area (Å²) in [6, 6.07) is 19.3. The molecule has 0 saturated carbocycles. The summed E-state index contributed by atoms with van der Waals surface area (Å²) in [5.41, 5.74) is 4.54. The Hall–Kier alpha value is -3.53. The molecule has 4 rings (SSSR count). The number of fused-ring (bicyclic) bond motifs is 1. The van der Waals surface area contributed by atoms with Crippen LogP contribution in [0.2, 0.25) is 0 Å². The summed E-state index contributed by atoms with van der Waals surface area (Å²) in [6.07, 6.45) is 1.78. The lowest BCUT2D eigenvalue weighted by atomic mass is 10.0. The number of carbonyl (C=O) groups is 1. The van der Waals surface area contributed by atoms with Crippen molar-refractivity contribution in [3.8, 4) is 17.2 Å². The van der Waals surface area contributed by atoms with E-state index < -0.39 is 0 Å². The summed E-state index contributed by atoms with van der Waals surface area (Å²) in [7, 11) is 1.64. The van der Waals surface area contributed by atoms with E-state index in [0.29, 0.717) is 29.4 Å². The quantitative estimate of drug-likeness (QED) is 0.543. The molecule has 0 fully saturated rings. The average Bonchev–Trinajstić information content (AvgIpc) is 3.02. The highest BCUT2D eigenvalue weighted by Gasteiger charge is 2.30. The standard InChI is InChI=1S/C25H22O4/c1-16-5-4-6-19(11-16)13-23-25(26)24-17(2)12-21(14-22(24)29-23)28-15-18-7-9-20(27-3)10-8-18/h4-14H,15H2,1-3H3/b23-13-. The molecule has 0 radical (unpaired) electrons. The fourth-order valence-electron chi connectivity index (χ4n) is 3.36. The van der Waals surface area contributed by atoms with E-state index in [2.05, 4.69) is 0 Å². The number of allylic oxidation sites excluding steroid dienone is 1. The Labute approximate surface area is 170 Å². The molecule has 0 aromatic heterocycles. The van der Waals surface area contributed by atoms with Gasteiger partial charge in [-0.3, -0.25) is 4.79 Å². The summed E-state index contributed by atoms with van der Waals surface area (Å²) < 4.78 is 17.0. The van der Waals surface area contributed by atoms with E-state index in [9.17, 15) is 4.79 Å². The Bertz CT molecular complexity index is 1090. The third kappa shape index (κ3) is 4.02. The number of hydrogen-bond acceptors (Lipinski definition) is 4. The fourth-order valence-corrected chi connectivity index (χ4v) is 3.36. The summed E-state index contributed by atoms with van der Waals surface area (Å²) >= 11 is 0. The van der Waals surface area contributed by atoms with Crippen molar-refractivity contribution in [3.05, 3.63) is 94.2 Å². The maximum atomic E-state index is 12.8. The first-order valence-electron chi connectivity index (χ1n) is 9.45. The molecule has 29 heavy (non-hydrogen) atoms. The summed E-state index contributed by atoms with van der Waals surface area (Å²) in [5.74, 6) is 2.25. The van der Waals surface area contributed by atoms with E-state index in [4.69, 9.17) is 14.2 Å². The molecule has 1 heterocycles. The number of Topliss-reactive ketones (excluding diaryl/α,β-unsaturated/α-hetero) is 1. The van der Waals surface area contributed by atoms with Gasteiger partial charge in [0, 0.05) is 6.07 Å². The van der Waals surface area contributed by atoms with Gasteiger partial charge in [-0.1, -0.05) is 42.0 Å². The number of ketones is 1. The van der Waals surface area contributed by atoms with Crippen LogP contribution in [-0.2, 0) is 6.61 Å². The minimum Gasteiger partial charge on any atom is -0.497 e. The molecule has 0 atom stereocenters. The Morgan fingerprint density at radius 1 is 0.966 bits per heavy atom. The monoisotopic (exact) mass is 386 g/mol. The van der Waals surface area contributed by atoms with Crippen LogP contribution in [0.25, 0.3) is 6.08 Å². The zero-order valence-electron chi connectivity index (χ0n) is 16.7. The van der Waals surface area contributed by atoms with Crippen LogP contribution in [0.3, 0.4) is 0 Å². The van der Waals surface area contributed by atoms with Crippen molar-refractivity contribution >= 4 is 11.9 Å². The van der Waals surface area contributed by atoms with Crippen molar-refractivity contribution in [2.75, 3.05) is 7.11 Å². The number of aryl methyl sites for hydroxylation is 2. The van der Waals surface area contributed by atoms with Gasteiger partial charge in [-0.15, -0.1) is 0 Å². The zero-order valence-corrected chi connectivity index (χ0v) is 16.7. The molecule has 0 N–H and O–H groups in total. The van der Waals surface area contributed by atoms with E-state index in [1.807, 2.05) is 68.4 Å². The number of benzene rings is 3. The molecular formula is C25H22O4. The number of ether oxygens (including phenoxy) is 3. The minimum atomic E-state index is -0.0966. The average molecular weight is 386 g/mol. The van der Waals surface area contributed by atoms with Gasteiger partial charge >= 0.3 is 0 Å². The molecule has 0 bridgehead atoms. The van der Waals surface area contributed by atoms with Gasteiger partial charge in [0.25, 0.3) is 0 Å². The van der Waals surface area contributed by atoms with Crippen molar-refractivity contribution in [3.63, 3.8) is 0 Å².